The van der Waals surface area contributed by atoms with Crippen LogP contribution in [0.25, 0.3) is 0 Å². The zero-order valence-electron chi connectivity index (χ0n) is 11.8. The quantitative estimate of drug-likeness (QED) is 0.589. The molecule has 1 rings (SSSR count). The summed E-state index contributed by atoms with van der Waals surface area (Å²) in [5.74, 6) is 0.0452. The maximum absolute atomic E-state index is 12.0. The van der Waals surface area contributed by atoms with Gasteiger partial charge in [0.25, 0.3) is 0 Å². The van der Waals surface area contributed by atoms with E-state index in [-0.39, 0.29) is 21.5 Å². The fourth-order valence-corrected chi connectivity index (χ4v) is 4.32. The van der Waals surface area contributed by atoms with Crippen LogP contribution in [0.15, 0.2) is 16.6 Å². The smallest absolute Gasteiger partial charge is 0.232 e. The van der Waals surface area contributed by atoms with Gasteiger partial charge in [-0.15, -0.1) is 0 Å². The molecule has 0 aliphatic heterocycles. The van der Waals surface area contributed by atoms with Gasteiger partial charge in [-0.3, -0.25) is 4.72 Å². The molecule has 2 N–H and O–H groups in total. The van der Waals surface area contributed by atoms with E-state index in [0.29, 0.717) is 10.9 Å². The van der Waals surface area contributed by atoms with Crippen LogP contribution in [-0.4, -0.2) is 27.3 Å². The minimum atomic E-state index is -3.45. The van der Waals surface area contributed by atoms with Crippen molar-refractivity contribution in [1.29, 1.82) is 0 Å². The lowest BCUT2D eigenvalue weighted by molar-refractivity contribution is 0.590. The number of hydrogen-bond acceptors (Lipinski definition) is 3. The van der Waals surface area contributed by atoms with Crippen molar-refractivity contribution in [2.75, 3.05) is 23.6 Å². The first kappa shape index (κ1) is 19.0. The molecule has 0 aromatic heterocycles. The Balaban J connectivity index is 2.53. The molecular weight excluding hydrogens is 399 g/mol. The molecule has 8 heteroatoms. The van der Waals surface area contributed by atoms with E-state index >= 15 is 0 Å². The van der Waals surface area contributed by atoms with Gasteiger partial charge in [-0.25, -0.2) is 8.42 Å². The predicted octanol–water partition coefficient (Wildman–Crippen LogP) is 4.28. The molecule has 0 radical (unpaired) electrons. The van der Waals surface area contributed by atoms with Crippen molar-refractivity contribution in [1.82, 2.24) is 5.32 Å². The number of unbranched alkanes of at least 4 members (excludes halogenated alkanes) is 1. The highest BCUT2D eigenvalue weighted by Gasteiger charge is 2.15. The van der Waals surface area contributed by atoms with Crippen molar-refractivity contribution in [2.24, 2.45) is 0 Å². The monoisotopic (exact) mass is 416 g/mol. The first-order valence-corrected chi connectivity index (χ1v) is 9.91. The van der Waals surface area contributed by atoms with Crippen molar-refractivity contribution in [3.05, 3.63) is 26.7 Å². The second-order valence-corrected chi connectivity index (χ2v) is 8.19. The molecule has 0 amide bonds. The molecule has 0 fully saturated rings. The van der Waals surface area contributed by atoms with E-state index in [9.17, 15) is 8.42 Å². The second-order valence-electron chi connectivity index (χ2n) is 4.62. The number of halogens is 3. The summed E-state index contributed by atoms with van der Waals surface area (Å²) >= 11 is 15.3. The first-order valence-electron chi connectivity index (χ1n) is 6.71. The molecule has 0 atom stereocenters. The molecule has 4 nitrogen and oxygen atoms in total. The van der Waals surface area contributed by atoms with E-state index in [1.807, 2.05) is 0 Å². The van der Waals surface area contributed by atoms with Gasteiger partial charge >= 0.3 is 0 Å². The van der Waals surface area contributed by atoms with E-state index in [4.69, 9.17) is 23.2 Å². The average Bonchev–Trinajstić information content (AvgIpc) is 2.38. The highest BCUT2D eigenvalue weighted by molar-refractivity contribution is 9.10. The molecular formula is C13H19BrCl2N2O2S. The van der Waals surface area contributed by atoms with Crippen LogP contribution in [0.1, 0.15) is 26.2 Å². The maximum atomic E-state index is 12.0. The van der Waals surface area contributed by atoms with Crippen molar-refractivity contribution < 1.29 is 8.42 Å². The molecule has 0 aliphatic rings. The normalized spacial score (nSPS) is 11.6. The Bertz CT molecular complexity index is 544. The van der Waals surface area contributed by atoms with Gasteiger partial charge in [0, 0.05) is 4.47 Å². The Hall–Kier alpha value is -0.0100. The Morgan fingerprint density at radius 2 is 1.76 bits per heavy atom. The zero-order chi connectivity index (χ0) is 15.9. The summed E-state index contributed by atoms with van der Waals surface area (Å²) < 4.78 is 27.2. The van der Waals surface area contributed by atoms with E-state index in [1.165, 1.54) is 0 Å². The van der Waals surface area contributed by atoms with Crippen molar-refractivity contribution in [3.63, 3.8) is 0 Å². The van der Waals surface area contributed by atoms with E-state index in [1.54, 1.807) is 12.1 Å². The Labute approximate surface area is 144 Å². The van der Waals surface area contributed by atoms with Gasteiger partial charge in [-0.05, 0) is 44.5 Å². The number of benzene rings is 1. The minimum Gasteiger partial charge on any atom is -0.317 e. The van der Waals surface area contributed by atoms with Crippen molar-refractivity contribution in [3.8, 4) is 0 Å². The molecule has 0 unspecified atom stereocenters. The SMILES string of the molecule is CCCNCCCCS(=O)(=O)Nc1c(Cl)cc(Br)cc1Cl. The fourth-order valence-electron chi connectivity index (χ4n) is 1.69. The second kappa shape index (κ2) is 9.20. The summed E-state index contributed by atoms with van der Waals surface area (Å²) in [5.41, 5.74) is 0.227. The zero-order valence-corrected chi connectivity index (χ0v) is 15.7. The molecule has 0 heterocycles. The van der Waals surface area contributed by atoms with Crippen LogP contribution >= 0.6 is 39.1 Å². The van der Waals surface area contributed by atoms with E-state index in [2.05, 4.69) is 32.9 Å². The largest absolute Gasteiger partial charge is 0.317 e. The van der Waals surface area contributed by atoms with Crippen molar-refractivity contribution in [2.45, 2.75) is 26.2 Å². The Morgan fingerprint density at radius 3 is 2.33 bits per heavy atom. The molecule has 0 spiro atoms. The van der Waals surface area contributed by atoms with Crippen LogP contribution < -0.4 is 10.0 Å². The lowest BCUT2D eigenvalue weighted by Crippen LogP contribution is -2.20. The molecule has 0 aliphatic carbocycles. The molecule has 0 saturated carbocycles. The number of nitrogens with one attached hydrogen (secondary N) is 2. The van der Waals surface area contributed by atoms with Gasteiger partial charge in [0.1, 0.15) is 0 Å². The van der Waals surface area contributed by atoms with Crippen LogP contribution in [0.5, 0.6) is 0 Å². The lowest BCUT2D eigenvalue weighted by Gasteiger charge is -2.12. The van der Waals surface area contributed by atoms with E-state index < -0.39 is 10.0 Å². The molecule has 0 bridgehead atoms. The maximum Gasteiger partial charge on any atom is 0.232 e. The van der Waals surface area contributed by atoms with Crippen molar-refractivity contribution >= 4 is 54.8 Å². The van der Waals surface area contributed by atoms with Gasteiger partial charge in [0.15, 0.2) is 0 Å². The van der Waals surface area contributed by atoms with Crippen LogP contribution in [0.2, 0.25) is 10.0 Å². The number of sulfonamides is 1. The lowest BCUT2D eigenvalue weighted by atomic mass is 10.3. The van der Waals surface area contributed by atoms with E-state index in [0.717, 1.165) is 25.9 Å². The number of anilines is 1. The summed E-state index contributed by atoms with van der Waals surface area (Å²) in [5, 5.41) is 3.77. The van der Waals surface area contributed by atoms with Gasteiger partial charge < -0.3 is 5.32 Å². The topological polar surface area (TPSA) is 58.2 Å². The fraction of sp³-hybridized carbons (Fsp3) is 0.538. The third kappa shape index (κ3) is 7.19. The van der Waals surface area contributed by atoms with Gasteiger partial charge in [-0.2, -0.15) is 0 Å². The van der Waals surface area contributed by atoms with Gasteiger partial charge in [0.05, 0.1) is 21.5 Å². The minimum absolute atomic E-state index is 0.0452. The number of rotatable bonds is 9. The summed E-state index contributed by atoms with van der Waals surface area (Å²) in [4.78, 5) is 0. The molecule has 0 saturated heterocycles. The van der Waals surface area contributed by atoms with Crippen LogP contribution in [0, 0.1) is 0 Å². The molecule has 1 aromatic carbocycles. The summed E-state index contributed by atoms with van der Waals surface area (Å²) in [7, 11) is -3.45. The average molecular weight is 418 g/mol. The standard InChI is InChI=1S/C13H19BrCl2N2O2S/c1-2-5-17-6-3-4-7-21(19,20)18-13-11(15)8-10(14)9-12(13)16/h8-9,17-18H,2-7H2,1H3. The Morgan fingerprint density at radius 1 is 1.14 bits per heavy atom. The van der Waals surface area contributed by atoms with Crippen LogP contribution in [-0.2, 0) is 10.0 Å². The predicted molar refractivity (Wildman–Crippen MR) is 94.0 cm³/mol. The molecule has 120 valence electrons. The summed E-state index contributed by atoms with van der Waals surface area (Å²) in [6.07, 6.45) is 2.46. The first-order chi connectivity index (χ1) is 9.85. The summed E-state index contributed by atoms with van der Waals surface area (Å²) in [6.45, 7) is 3.87. The molecule has 1 aromatic rings. The van der Waals surface area contributed by atoms with Crippen LogP contribution in [0.3, 0.4) is 0 Å². The van der Waals surface area contributed by atoms with Gasteiger partial charge in [-0.1, -0.05) is 46.1 Å². The highest BCUT2D eigenvalue weighted by atomic mass is 79.9. The third-order valence-electron chi connectivity index (χ3n) is 2.71. The Kier molecular flexibility index (Phi) is 8.34. The molecule has 21 heavy (non-hydrogen) atoms. The van der Waals surface area contributed by atoms with Crippen LogP contribution in [0.4, 0.5) is 5.69 Å². The third-order valence-corrected chi connectivity index (χ3v) is 5.10. The number of hydrogen-bond donors (Lipinski definition) is 2. The summed E-state index contributed by atoms with van der Waals surface area (Å²) in [6, 6.07) is 3.19. The highest BCUT2D eigenvalue weighted by Crippen LogP contribution is 2.34. The van der Waals surface area contributed by atoms with Gasteiger partial charge in [0.2, 0.25) is 10.0 Å².